The van der Waals surface area contributed by atoms with Crippen LogP contribution in [-0.4, -0.2) is 29.8 Å². The Bertz CT molecular complexity index is 500. The van der Waals surface area contributed by atoms with Gasteiger partial charge in [-0.25, -0.2) is 0 Å². The van der Waals surface area contributed by atoms with Crippen molar-refractivity contribution in [2.24, 2.45) is 0 Å². The Morgan fingerprint density at radius 2 is 1.57 bits per heavy atom. The molecule has 1 saturated heterocycles. The van der Waals surface area contributed by atoms with Crippen molar-refractivity contribution in [1.29, 1.82) is 0 Å². The zero-order chi connectivity index (χ0) is 15.1. The Kier molecular flexibility index (Phi) is 5.55. The first kappa shape index (κ1) is 15.3. The number of nitrogens with one attached hydrogen (secondary N) is 1. The molecule has 2 amide bonds. The molecule has 21 heavy (non-hydrogen) atoms. The molecular formula is C17H22N2O2. The van der Waals surface area contributed by atoms with Gasteiger partial charge in [0.2, 0.25) is 5.91 Å². The van der Waals surface area contributed by atoms with Crippen LogP contribution in [0.5, 0.6) is 0 Å². The third-order valence-corrected chi connectivity index (χ3v) is 3.73. The summed E-state index contributed by atoms with van der Waals surface area (Å²) in [7, 11) is 0. The average Bonchev–Trinajstić information content (AvgIpc) is 2.47. The number of hydrogen-bond acceptors (Lipinski definition) is 2. The summed E-state index contributed by atoms with van der Waals surface area (Å²) in [6.07, 6.45) is 7.07. The molecule has 0 radical (unpaired) electrons. The van der Waals surface area contributed by atoms with Gasteiger partial charge in [0.05, 0.1) is 0 Å². The van der Waals surface area contributed by atoms with Gasteiger partial charge >= 0.3 is 0 Å². The maximum Gasteiger partial charge on any atom is 0.253 e. The molecule has 1 aliphatic rings. The Morgan fingerprint density at radius 3 is 2.14 bits per heavy atom. The van der Waals surface area contributed by atoms with E-state index in [1.807, 2.05) is 4.90 Å². The molecule has 1 N–H and O–H groups in total. The van der Waals surface area contributed by atoms with Gasteiger partial charge in [-0.2, -0.15) is 0 Å². The first-order valence-electron chi connectivity index (χ1n) is 7.53. The number of hydrogen-bond donors (Lipinski definition) is 1. The zero-order valence-electron chi connectivity index (χ0n) is 12.3. The van der Waals surface area contributed by atoms with E-state index in [-0.39, 0.29) is 11.8 Å². The molecule has 1 aliphatic heterocycles. The van der Waals surface area contributed by atoms with Gasteiger partial charge < -0.3 is 10.2 Å². The molecule has 0 atom stereocenters. The van der Waals surface area contributed by atoms with E-state index in [0.717, 1.165) is 25.9 Å². The summed E-state index contributed by atoms with van der Waals surface area (Å²) in [5.74, 6) is -0.170. The van der Waals surface area contributed by atoms with E-state index in [9.17, 15) is 9.59 Å². The molecule has 0 aromatic heterocycles. The lowest BCUT2D eigenvalue weighted by atomic mass is 10.1. The maximum absolute atomic E-state index is 12.5. The smallest absolute Gasteiger partial charge is 0.253 e. The van der Waals surface area contributed by atoms with E-state index in [2.05, 4.69) is 11.9 Å². The van der Waals surface area contributed by atoms with Crippen LogP contribution in [0.1, 0.15) is 42.5 Å². The first-order valence-corrected chi connectivity index (χ1v) is 7.53. The molecular weight excluding hydrogens is 264 g/mol. The number of rotatable bonds is 3. The SMILES string of the molecule is C=CC(=O)Nc1ccc(C(=O)N2CCCCCCC2)cc1. The second-order valence-corrected chi connectivity index (χ2v) is 5.33. The van der Waals surface area contributed by atoms with Crippen molar-refractivity contribution in [2.75, 3.05) is 18.4 Å². The van der Waals surface area contributed by atoms with Crippen LogP contribution >= 0.6 is 0 Å². The van der Waals surface area contributed by atoms with Crippen LogP contribution in [0.25, 0.3) is 0 Å². The number of anilines is 1. The molecule has 0 unspecified atom stereocenters. The van der Waals surface area contributed by atoms with Crippen molar-refractivity contribution in [1.82, 2.24) is 4.90 Å². The molecule has 4 nitrogen and oxygen atoms in total. The molecule has 0 aliphatic carbocycles. The fourth-order valence-corrected chi connectivity index (χ4v) is 2.52. The second-order valence-electron chi connectivity index (χ2n) is 5.33. The van der Waals surface area contributed by atoms with Crippen molar-refractivity contribution in [3.63, 3.8) is 0 Å². The Labute approximate surface area is 125 Å². The lowest BCUT2D eigenvalue weighted by molar-refractivity contribution is -0.111. The number of nitrogens with zero attached hydrogens (tertiary/aromatic N) is 1. The molecule has 1 heterocycles. The highest BCUT2D eigenvalue weighted by Gasteiger charge is 2.16. The van der Waals surface area contributed by atoms with E-state index in [1.54, 1.807) is 24.3 Å². The standard InChI is InChI=1S/C17H22N2O2/c1-2-16(20)18-15-10-8-14(9-11-15)17(21)19-12-6-4-3-5-7-13-19/h2,8-11H,1,3-7,12-13H2,(H,18,20). The van der Waals surface area contributed by atoms with Crippen molar-refractivity contribution >= 4 is 17.5 Å². The lowest BCUT2D eigenvalue weighted by Crippen LogP contribution is -2.33. The number of carbonyl (C=O) groups is 2. The van der Waals surface area contributed by atoms with Crippen molar-refractivity contribution < 1.29 is 9.59 Å². The second kappa shape index (κ2) is 7.62. The monoisotopic (exact) mass is 286 g/mol. The van der Waals surface area contributed by atoms with E-state index in [4.69, 9.17) is 0 Å². The van der Waals surface area contributed by atoms with Crippen molar-refractivity contribution in [2.45, 2.75) is 32.1 Å². The minimum atomic E-state index is -0.252. The molecule has 1 fully saturated rings. The minimum absolute atomic E-state index is 0.0819. The van der Waals surface area contributed by atoms with Crippen molar-refractivity contribution in [3.05, 3.63) is 42.5 Å². The van der Waals surface area contributed by atoms with Crippen LogP contribution in [0.15, 0.2) is 36.9 Å². The highest BCUT2D eigenvalue weighted by molar-refractivity contribution is 5.99. The number of benzene rings is 1. The van der Waals surface area contributed by atoms with Gasteiger partial charge in [-0.3, -0.25) is 9.59 Å². The summed E-state index contributed by atoms with van der Waals surface area (Å²) in [6, 6.07) is 7.02. The fraction of sp³-hybridized carbons (Fsp3) is 0.412. The zero-order valence-corrected chi connectivity index (χ0v) is 12.3. The van der Waals surface area contributed by atoms with Crippen LogP contribution in [-0.2, 0) is 4.79 Å². The van der Waals surface area contributed by atoms with Crippen LogP contribution < -0.4 is 5.32 Å². The van der Waals surface area contributed by atoms with Gasteiger partial charge in [-0.1, -0.05) is 25.8 Å². The average molecular weight is 286 g/mol. The summed E-state index contributed by atoms with van der Waals surface area (Å²) >= 11 is 0. The number of likely N-dealkylation sites (tertiary alicyclic amines) is 1. The number of amides is 2. The van der Waals surface area contributed by atoms with Gasteiger partial charge in [0, 0.05) is 24.3 Å². The van der Waals surface area contributed by atoms with Gasteiger partial charge in [0.25, 0.3) is 5.91 Å². The highest BCUT2D eigenvalue weighted by Crippen LogP contribution is 2.15. The van der Waals surface area contributed by atoms with Gasteiger partial charge in [0.15, 0.2) is 0 Å². The Morgan fingerprint density at radius 1 is 1.00 bits per heavy atom. The molecule has 0 bridgehead atoms. The molecule has 112 valence electrons. The molecule has 1 aromatic carbocycles. The van der Waals surface area contributed by atoms with Crippen LogP contribution in [0.3, 0.4) is 0 Å². The molecule has 0 spiro atoms. The predicted molar refractivity (Wildman–Crippen MR) is 84.3 cm³/mol. The molecule has 0 saturated carbocycles. The van der Waals surface area contributed by atoms with E-state index >= 15 is 0 Å². The summed E-state index contributed by atoms with van der Waals surface area (Å²) in [6.45, 7) is 5.09. The predicted octanol–water partition coefficient (Wildman–Crippen LogP) is 3.22. The topological polar surface area (TPSA) is 49.4 Å². The number of carbonyl (C=O) groups excluding carboxylic acids is 2. The minimum Gasteiger partial charge on any atom is -0.339 e. The Hall–Kier alpha value is -2.10. The third-order valence-electron chi connectivity index (χ3n) is 3.73. The quantitative estimate of drug-likeness (QED) is 0.867. The normalized spacial score (nSPS) is 15.7. The first-order chi connectivity index (χ1) is 10.2. The van der Waals surface area contributed by atoms with Gasteiger partial charge in [-0.05, 0) is 43.2 Å². The fourth-order valence-electron chi connectivity index (χ4n) is 2.52. The molecule has 2 rings (SSSR count). The summed E-state index contributed by atoms with van der Waals surface area (Å²) in [4.78, 5) is 25.6. The van der Waals surface area contributed by atoms with Gasteiger partial charge in [-0.15, -0.1) is 0 Å². The van der Waals surface area contributed by atoms with Crippen LogP contribution in [0.2, 0.25) is 0 Å². The lowest BCUT2D eigenvalue weighted by Gasteiger charge is -2.25. The summed E-state index contributed by atoms with van der Waals surface area (Å²) in [5, 5.41) is 2.67. The highest BCUT2D eigenvalue weighted by atomic mass is 16.2. The maximum atomic E-state index is 12.5. The molecule has 1 aromatic rings. The van der Waals surface area contributed by atoms with Crippen LogP contribution in [0, 0.1) is 0 Å². The van der Waals surface area contributed by atoms with Gasteiger partial charge in [0.1, 0.15) is 0 Å². The Balaban J connectivity index is 2.01. The van der Waals surface area contributed by atoms with E-state index < -0.39 is 0 Å². The summed E-state index contributed by atoms with van der Waals surface area (Å²) < 4.78 is 0. The van der Waals surface area contributed by atoms with Crippen LogP contribution in [0.4, 0.5) is 5.69 Å². The summed E-state index contributed by atoms with van der Waals surface area (Å²) in [5.41, 5.74) is 1.34. The van der Waals surface area contributed by atoms with E-state index in [0.29, 0.717) is 11.3 Å². The molecule has 4 heteroatoms. The van der Waals surface area contributed by atoms with Crippen molar-refractivity contribution in [3.8, 4) is 0 Å². The third kappa shape index (κ3) is 4.45. The van der Waals surface area contributed by atoms with E-state index in [1.165, 1.54) is 25.3 Å². The largest absolute Gasteiger partial charge is 0.339 e.